The van der Waals surface area contributed by atoms with E-state index in [0.29, 0.717) is 18.4 Å². The van der Waals surface area contributed by atoms with Crippen molar-refractivity contribution in [3.05, 3.63) is 34.3 Å². The molecule has 0 radical (unpaired) electrons. The van der Waals surface area contributed by atoms with Crippen LogP contribution in [-0.2, 0) is 11.3 Å². The highest BCUT2D eigenvalue weighted by Crippen LogP contribution is 2.42. The van der Waals surface area contributed by atoms with E-state index < -0.39 is 11.3 Å². The number of unbranched alkanes of at least 4 members (excludes halogenated alkanes) is 1. The van der Waals surface area contributed by atoms with Gasteiger partial charge in [0.2, 0.25) is 0 Å². The molecule has 1 aromatic rings. The van der Waals surface area contributed by atoms with Crippen molar-refractivity contribution in [3.63, 3.8) is 0 Å². The fourth-order valence-electron chi connectivity index (χ4n) is 2.89. The van der Waals surface area contributed by atoms with Gasteiger partial charge in [0.05, 0.1) is 10.6 Å². The zero-order valence-corrected chi connectivity index (χ0v) is 14.7. The highest BCUT2D eigenvalue weighted by Gasteiger charge is 2.36. The predicted octanol–water partition coefficient (Wildman–Crippen LogP) is 4.35. The molecule has 0 spiro atoms. The number of likely N-dealkylation sites (tertiary alicyclic amines) is 1. The molecule has 1 heterocycles. The standard InChI is InChI=1S/C16H23ClF2NOP/c1-2-3-8-20-9-6-15(21,7-10-20)12-4-5-14(17)13(11-12)16(18,19)22/h4-5,11,21H,2-3,6-10,22H2,1H3. The second-order valence-electron chi connectivity index (χ2n) is 6.04. The molecule has 0 aliphatic carbocycles. The summed E-state index contributed by atoms with van der Waals surface area (Å²) in [5.74, 6) is 0. The average Bonchev–Trinajstić information content (AvgIpc) is 2.46. The molecule has 1 aromatic carbocycles. The van der Waals surface area contributed by atoms with E-state index in [0.717, 1.165) is 32.5 Å². The summed E-state index contributed by atoms with van der Waals surface area (Å²) in [6.45, 7) is 4.75. The average molecular weight is 350 g/mol. The normalized spacial score (nSPS) is 19.4. The Morgan fingerprint density at radius 1 is 1.36 bits per heavy atom. The van der Waals surface area contributed by atoms with Crippen LogP contribution in [0.4, 0.5) is 8.78 Å². The number of rotatable bonds is 5. The van der Waals surface area contributed by atoms with Crippen LogP contribution in [0.1, 0.15) is 43.7 Å². The molecule has 0 amide bonds. The number of hydrogen-bond donors (Lipinski definition) is 1. The molecule has 1 N–H and O–H groups in total. The van der Waals surface area contributed by atoms with Crippen LogP contribution in [0.3, 0.4) is 0 Å². The lowest BCUT2D eigenvalue weighted by molar-refractivity contribution is -0.0262. The van der Waals surface area contributed by atoms with Crippen LogP contribution in [0.5, 0.6) is 0 Å². The fraction of sp³-hybridized carbons (Fsp3) is 0.625. The summed E-state index contributed by atoms with van der Waals surface area (Å²) >= 11 is 5.86. The first-order valence-electron chi connectivity index (χ1n) is 7.68. The molecule has 0 saturated carbocycles. The van der Waals surface area contributed by atoms with Gasteiger partial charge in [-0.3, -0.25) is 0 Å². The van der Waals surface area contributed by atoms with Gasteiger partial charge in [-0.2, -0.15) is 8.78 Å². The summed E-state index contributed by atoms with van der Waals surface area (Å²) in [6, 6.07) is 4.45. The SMILES string of the molecule is CCCCN1CCC(O)(c2ccc(Cl)c(C(F)(F)P)c2)CC1. The van der Waals surface area contributed by atoms with E-state index in [-0.39, 0.29) is 10.6 Å². The molecule has 0 bridgehead atoms. The molecular weight excluding hydrogens is 327 g/mol. The minimum absolute atomic E-state index is 0.0210. The van der Waals surface area contributed by atoms with Gasteiger partial charge >= 0.3 is 0 Å². The minimum Gasteiger partial charge on any atom is -0.385 e. The Bertz CT molecular complexity index is 513. The highest BCUT2D eigenvalue weighted by molar-refractivity contribution is 7.17. The monoisotopic (exact) mass is 349 g/mol. The summed E-state index contributed by atoms with van der Waals surface area (Å²) < 4.78 is 27.2. The van der Waals surface area contributed by atoms with Crippen molar-refractivity contribution in [1.29, 1.82) is 0 Å². The van der Waals surface area contributed by atoms with Crippen molar-refractivity contribution >= 4 is 20.8 Å². The van der Waals surface area contributed by atoms with Gasteiger partial charge in [-0.15, -0.1) is 0 Å². The van der Waals surface area contributed by atoms with Crippen LogP contribution in [0.2, 0.25) is 5.02 Å². The van der Waals surface area contributed by atoms with Gasteiger partial charge in [0.15, 0.2) is 0 Å². The van der Waals surface area contributed by atoms with Crippen molar-refractivity contribution < 1.29 is 13.9 Å². The highest BCUT2D eigenvalue weighted by atomic mass is 35.5. The summed E-state index contributed by atoms with van der Waals surface area (Å²) in [6.07, 6.45) is 3.40. The second-order valence-corrected chi connectivity index (χ2v) is 7.18. The number of aliphatic hydroxyl groups is 1. The molecule has 1 unspecified atom stereocenters. The molecule has 0 aromatic heterocycles. The smallest absolute Gasteiger partial charge is 0.285 e. The predicted molar refractivity (Wildman–Crippen MR) is 89.5 cm³/mol. The Morgan fingerprint density at radius 2 is 2.00 bits per heavy atom. The summed E-state index contributed by atoms with van der Waals surface area (Å²) in [7, 11) is 1.50. The van der Waals surface area contributed by atoms with E-state index >= 15 is 0 Å². The third-order valence-corrected chi connectivity index (χ3v) is 5.01. The molecule has 22 heavy (non-hydrogen) atoms. The van der Waals surface area contributed by atoms with Gasteiger partial charge in [0.25, 0.3) is 5.66 Å². The molecule has 1 saturated heterocycles. The zero-order chi connectivity index (χ0) is 16.4. The summed E-state index contributed by atoms with van der Waals surface area (Å²) in [4.78, 5) is 2.32. The van der Waals surface area contributed by atoms with Gasteiger partial charge in [-0.05, 0) is 43.5 Å². The van der Waals surface area contributed by atoms with Crippen LogP contribution < -0.4 is 0 Å². The van der Waals surface area contributed by atoms with E-state index in [1.807, 2.05) is 0 Å². The van der Waals surface area contributed by atoms with E-state index in [1.165, 1.54) is 21.4 Å². The number of hydrogen-bond acceptors (Lipinski definition) is 2. The van der Waals surface area contributed by atoms with Crippen LogP contribution in [0, 0.1) is 0 Å². The van der Waals surface area contributed by atoms with E-state index in [9.17, 15) is 13.9 Å². The maximum atomic E-state index is 13.6. The van der Waals surface area contributed by atoms with E-state index in [1.54, 1.807) is 6.07 Å². The molecule has 6 heteroatoms. The van der Waals surface area contributed by atoms with E-state index in [4.69, 9.17) is 11.6 Å². The molecule has 1 aliphatic heterocycles. The first-order valence-corrected chi connectivity index (χ1v) is 8.64. The van der Waals surface area contributed by atoms with Crippen molar-refractivity contribution in [2.45, 2.75) is 43.9 Å². The van der Waals surface area contributed by atoms with Crippen molar-refractivity contribution in [1.82, 2.24) is 4.90 Å². The maximum absolute atomic E-state index is 13.6. The Hall–Kier alpha value is -0.280. The molecule has 1 aliphatic rings. The largest absolute Gasteiger partial charge is 0.385 e. The molecule has 1 fully saturated rings. The van der Waals surface area contributed by atoms with Gasteiger partial charge in [-0.25, -0.2) is 0 Å². The van der Waals surface area contributed by atoms with Crippen LogP contribution in [0.15, 0.2) is 18.2 Å². The van der Waals surface area contributed by atoms with Gasteiger partial charge in [-0.1, -0.05) is 40.3 Å². The minimum atomic E-state index is -3.09. The van der Waals surface area contributed by atoms with Crippen LogP contribution >= 0.6 is 20.8 Å². The number of benzene rings is 1. The van der Waals surface area contributed by atoms with Crippen LogP contribution in [-0.4, -0.2) is 29.6 Å². The summed E-state index contributed by atoms with van der Waals surface area (Å²) in [5.41, 5.74) is -3.86. The van der Waals surface area contributed by atoms with Crippen molar-refractivity contribution in [2.24, 2.45) is 0 Å². The molecule has 2 nitrogen and oxygen atoms in total. The number of nitrogens with zero attached hydrogens (tertiary/aromatic N) is 1. The number of alkyl halides is 2. The second kappa shape index (κ2) is 7.09. The zero-order valence-electron chi connectivity index (χ0n) is 12.8. The van der Waals surface area contributed by atoms with Gasteiger partial charge in [0.1, 0.15) is 0 Å². The fourth-order valence-corrected chi connectivity index (χ4v) is 3.46. The first kappa shape index (κ1) is 18.1. The lowest BCUT2D eigenvalue weighted by Gasteiger charge is -2.39. The van der Waals surface area contributed by atoms with E-state index in [2.05, 4.69) is 11.8 Å². The quantitative estimate of drug-likeness (QED) is 0.799. The molecule has 1 atom stereocenters. The third-order valence-electron chi connectivity index (χ3n) is 4.37. The van der Waals surface area contributed by atoms with Crippen molar-refractivity contribution in [2.75, 3.05) is 19.6 Å². The third kappa shape index (κ3) is 4.17. The Labute approximate surface area is 138 Å². The van der Waals surface area contributed by atoms with Gasteiger partial charge in [0, 0.05) is 18.7 Å². The Morgan fingerprint density at radius 3 is 2.55 bits per heavy atom. The topological polar surface area (TPSA) is 23.5 Å². The molecule has 2 rings (SSSR count). The first-order chi connectivity index (χ1) is 10.3. The van der Waals surface area contributed by atoms with Crippen molar-refractivity contribution in [3.8, 4) is 0 Å². The Kier molecular flexibility index (Phi) is 5.82. The maximum Gasteiger partial charge on any atom is 0.285 e. The lowest BCUT2D eigenvalue weighted by atomic mass is 9.83. The molecule has 124 valence electrons. The number of piperidine rings is 1. The lowest BCUT2D eigenvalue weighted by Crippen LogP contribution is -2.43. The molecular formula is C16H23ClF2NOP. The number of halogens is 3. The van der Waals surface area contributed by atoms with Gasteiger partial charge < -0.3 is 10.0 Å². The summed E-state index contributed by atoms with van der Waals surface area (Å²) in [5, 5.41) is 10.9. The van der Waals surface area contributed by atoms with Crippen LogP contribution in [0.25, 0.3) is 0 Å². The Balaban J connectivity index is 2.15.